The van der Waals surface area contributed by atoms with E-state index in [0.29, 0.717) is 11.5 Å². The Bertz CT molecular complexity index is 379. The first kappa shape index (κ1) is 15.2. The molecule has 0 heterocycles. The Labute approximate surface area is 111 Å². The molecule has 1 nitrogen and oxygen atoms in total. The molecule has 0 bridgehead atoms. The normalized spacial score (nSPS) is 13.7. The Morgan fingerprint density at radius 3 is 2.44 bits per heavy atom. The second-order valence-corrected chi connectivity index (χ2v) is 6.21. The van der Waals surface area contributed by atoms with Crippen LogP contribution in [0.2, 0.25) is 0 Å². The first-order chi connectivity index (χ1) is 8.33. The standard InChI is InChI=1S/C16H26FN/c1-6-18-15(9-10-16(3,4)5)14-8-7-13(17)11-12(14)2/h7-8,11,15,18H,6,9-10H2,1-5H3. The van der Waals surface area contributed by atoms with E-state index in [-0.39, 0.29) is 5.82 Å². The van der Waals surface area contributed by atoms with Crippen molar-refractivity contribution in [1.29, 1.82) is 0 Å². The molecule has 1 aromatic carbocycles. The third-order valence-corrected chi connectivity index (χ3v) is 3.24. The molecule has 0 amide bonds. The van der Waals surface area contributed by atoms with Gasteiger partial charge in [0.15, 0.2) is 0 Å². The summed E-state index contributed by atoms with van der Waals surface area (Å²) in [6, 6.07) is 5.43. The summed E-state index contributed by atoms with van der Waals surface area (Å²) in [5.41, 5.74) is 2.60. The van der Waals surface area contributed by atoms with Crippen molar-refractivity contribution < 1.29 is 4.39 Å². The molecule has 0 aliphatic rings. The Hall–Kier alpha value is -0.890. The van der Waals surface area contributed by atoms with Gasteiger partial charge in [-0.05, 0) is 55.0 Å². The molecule has 0 saturated heterocycles. The van der Waals surface area contributed by atoms with Crippen molar-refractivity contribution >= 4 is 0 Å². The van der Waals surface area contributed by atoms with Crippen LogP contribution in [-0.4, -0.2) is 6.54 Å². The van der Waals surface area contributed by atoms with Crippen molar-refractivity contribution in [3.8, 4) is 0 Å². The smallest absolute Gasteiger partial charge is 0.123 e. The van der Waals surface area contributed by atoms with Crippen molar-refractivity contribution in [2.24, 2.45) is 5.41 Å². The van der Waals surface area contributed by atoms with Crippen LogP contribution in [0.15, 0.2) is 18.2 Å². The van der Waals surface area contributed by atoms with Crippen LogP contribution < -0.4 is 5.32 Å². The average Bonchev–Trinajstić information content (AvgIpc) is 2.24. The molecule has 1 unspecified atom stereocenters. The van der Waals surface area contributed by atoms with Crippen LogP contribution in [0.4, 0.5) is 4.39 Å². The van der Waals surface area contributed by atoms with Gasteiger partial charge in [-0.2, -0.15) is 0 Å². The summed E-state index contributed by atoms with van der Waals surface area (Å²) in [5, 5.41) is 3.51. The molecule has 0 radical (unpaired) electrons. The maximum absolute atomic E-state index is 13.2. The van der Waals surface area contributed by atoms with E-state index in [4.69, 9.17) is 0 Å². The molecule has 0 spiro atoms. The fourth-order valence-corrected chi connectivity index (χ4v) is 2.22. The van der Waals surface area contributed by atoms with Gasteiger partial charge < -0.3 is 5.32 Å². The highest BCUT2D eigenvalue weighted by atomic mass is 19.1. The van der Waals surface area contributed by atoms with Crippen LogP contribution in [0, 0.1) is 18.2 Å². The molecule has 0 aromatic heterocycles. The van der Waals surface area contributed by atoms with Crippen molar-refractivity contribution in [2.45, 2.75) is 53.5 Å². The zero-order chi connectivity index (χ0) is 13.8. The Morgan fingerprint density at radius 1 is 1.28 bits per heavy atom. The van der Waals surface area contributed by atoms with Gasteiger partial charge in [0, 0.05) is 6.04 Å². The molecule has 1 aromatic rings. The van der Waals surface area contributed by atoms with Gasteiger partial charge in [0.25, 0.3) is 0 Å². The highest BCUT2D eigenvalue weighted by molar-refractivity contribution is 5.29. The van der Waals surface area contributed by atoms with Crippen molar-refractivity contribution in [2.75, 3.05) is 6.54 Å². The van der Waals surface area contributed by atoms with E-state index in [1.807, 2.05) is 13.0 Å². The fraction of sp³-hybridized carbons (Fsp3) is 0.625. The first-order valence-corrected chi connectivity index (χ1v) is 6.83. The number of rotatable bonds is 5. The molecule has 1 atom stereocenters. The van der Waals surface area contributed by atoms with Crippen LogP contribution in [0.25, 0.3) is 0 Å². The third kappa shape index (κ3) is 4.77. The highest BCUT2D eigenvalue weighted by Gasteiger charge is 2.17. The first-order valence-electron chi connectivity index (χ1n) is 6.83. The molecule has 18 heavy (non-hydrogen) atoms. The maximum atomic E-state index is 13.2. The summed E-state index contributed by atoms with van der Waals surface area (Å²) in [7, 11) is 0. The minimum Gasteiger partial charge on any atom is -0.310 e. The number of halogens is 1. The maximum Gasteiger partial charge on any atom is 0.123 e. The predicted octanol–water partition coefficient (Wildman–Crippen LogP) is 4.61. The largest absolute Gasteiger partial charge is 0.310 e. The lowest BCUT2D eigenvalue weighted by molar-refractivity contribution is 0.333. The van der Waals surface area contributed by atoms with E-state index in [2.05, 4.69) is 33.0 Å². The number of benzene rings is 1. The molecule has 1 rings (SSSR count). The van der Waals surface area contributed by atoms with Crippen LogP contribution >= 0.6 is 0 Å². The SMILES string of the molecule is CCNC(CCC(C)(C)C)c1ccc(F)cc1C. The van der Waals surface area contributed by atoms with Gasteiger partial charge in [-0.25, -0.2) is 4.39 Å². The Balaban J connectivity index is 2.83. The van der Waals surface area contributed by atoms with E-state index in [1.165, 1.54) is 5.56 Å². The van der Waals surface area contributed by atoms with Gasteiger partial charge in [0.2, 0.25) is 0 Å². The summed E-state index contributed by atoms with van der Waals surface area (Å²) in [6.07, 6.45) is 2.24. The zero-order valence-electron chi connectivity index (χ0n) is 12.3. The third-order valence-electron chi connectivity index (χ3n) is 3.24. The average molecular weight is 251 g/mol. The quantitative estimate of drug-likeness (QED) is 0.805. The number of nitrogens with one attached hydrogen (secondary N) is 1. The van der Waals surface area contributed by atoms with Gasteiger partial charge in [-0.1, -0.05) is 33.8 Å². The summed E-state index contributed by atoms with van der Waals surface area (Å²) in [4.78, 5) is 0. The highest BCUT2D eigenvalue weighted by Crippen LogP contribution is 2.29. The number of aryl methyl sites for hydroxylation is 1. The van der Waals surface area contributed by atoms with Crippen LogP contribution in [0.3, 0.4) is 0 Å². The molecule has 102 valence electrons. The minimum absolute atomic E-state index is 0.151. The molecule has 2 heteroatoms. The van der Waals surface area contributed by atoms with Crippen molar-refractivity contribution in [3.05, 3.63) is 35.1 Å². The van der Waals surface area contributed by atoms with Gasteiger partial charge in [-0.3, -0.25) is 0 Å². The van der Waals surface area contributed by atoms with E-state index in [9.17, 15) is 4.39 Å². The lowest BCUT2D eigenvalue weighted by atomic mass is 9.86. The number of hydrogen-bond acceptors (Lipinski definition) is 1. The number of hydrogen-bond donors (Lipinski definition) is 1. The van der Waals surface area contributed by atoms with E-state index >= 15 is 0 Å². The molecule has 0 aliphatic carbocycles. The van der Waals surface area contributed by atoms with Gasteiger partial charge in [0.05, 0.1) is 0 Å². The summed E-state index contributed by atoms with van der Waals surface area (Å²) in [5.74, 6) is -0.151. The monoisotopic (exact) mass is 251 g/mol. The Morgan fingerprint density at radius 2 is 1.94 bits per heavy atom. The van der Waals surface area contributed by atoms with Crippen LogP contribution in [-0.2, 0) is 0 Å². The minimum atomic E-state index is -0.151. The lowest BCUT2D eigenvalue weighted by Gasteiger charge is -2.25. The molecular formula is C16H26FN. The topological polar surface area (TPSA) is 12.0 Å². The predicted molar refractivity (Wildman–Crippen MR) is 76.2 cm³/mol. The summed E-state index contributed by atoms with van der Waals surface area (Å²) in [6.45, 7) is 11.8. The molecular weight excluding hydrogens is 225 g/mol. The Kier molecular flexibility index (Phi) is 5.33. The summed E-state index contributed by atoms with van der Waals surface area (Å²) >= 11 is 0. The van der Waals surface area contributed by atoms with E-state index in [1.54, 1.807) is 12.1 Å². The van der Waals surface area contributed by atoms with Crippen LogP contribution in [0.1, 0.15) is 57.7 Å². The van der Waals surface area contributed by atoms with Crippen molar-refractivity contribution in [3.63, 3.8) is 0 Å². The van der Waals surface area contributed by atoms with Gasteiger partial charge in [-0.15, -0.1) is 0 Å². The lowest BCUT2D eigenvalue weighted by Crippen LogP contribution is -2.23. The second kappa shape index (κ2) is 6.33. The molecule has 1 N–H and O–H groups in total. The molecule has 0 saturated carbocycles. The zero-order valence-corrected chi connectivity index (χ0v) is 12.3. The van der Waals surface area contributed by atoms with Gasteiger partial charge in [0.1, 0.15) is 5.82 Å². The van der Waals surface area contributed by atoms with E-state index in [0.717, 1.165) is 24.9 Å². The van der Waals surface area contributed by atoms with E-state index < -0.39 is 0 Å². The van der Waals surface area contributed by atoms with Gasteiger partial charge >= 0.3 is 0 Å². The molecule has 0 aliphatic heterocycles. The van der Waals surface area contributed by atoms with Crippen LogP contribution in [0.5, 0.6) is 0 Å². The fourth-order valence-electron chi connectivity index (χ4n) is 2.22. The summed E-state index contributed by atoms with van der Waals surface area (Å²) < 4.78 is 13.2. The second-order valence-electron chi connectivity index (χ2n) is 6.21. The van der Waals surface area contributed by atoms with Crippen molar-refractivity contribution in [1.82, 2.24) is 5.32 Å². The molecule has 0 fully saturated rings.